The molecule has 2 atom stereocenters. The number of ether oxygens (including phenoxy) is 3. The van der Waals surface area contributed by atoms with Crippen LogP contribution in [0.5, 0.6) is 11.5 Å². The molecule has 1 N–H and O–H groups in total. The second kappa shape index (κ2) is 6.62. The van der Waals surface area contributed by atoms with Crippen LogP contribution in [0.2, 0.25) is 0 Å². The van der Waals surface area contributed by atoms with Crippen molar-refractivity contribution in [3.8, 4) is 11.5 Å². The van der Waals surface area contributed by atoms with E-state index in [-0.39, 0.29) is 0 Å². The van der Waals surface area contributed by atoms with Gasteiger partial charge in [-0.3, -0.25) is 0 Å². The van der Waals surface area contributed by atoms with Gasteiger partial charge in [-0.05, 0) is 29.8 Å². The van der Waals surface area contributed by atoms with Crippen LogP contribution in [0, 0.1) is 0 Å². The van der Waals surface area contributed by atoms with Gasteiger partial charge in [0.2, 0.25) is 5.90 Å². The highest BCUT2D eigenvalue weighted by Gasteiger charge is 2.38. The molecule has 24 heavy (non-hydrogen) atoms. The van der Waals surface area contributed by atoms with Crippen molar-refractivity contribution in [1.29, 1.82) is 0 Å². The molecule has 0 saturated heterocycles. The standard InChI is InChI=1S/C18H17NO5/c1-22-13-9-8-12(10-14(13)23-2)16-15(18(20)21)19-17(24-16)11-6-4-3-5-7-11/h3-10,15-16H,1-2H3,(H,20,21)/t15-,16+/m0/s1. The SMILES string of the molecule is COc1ccc([C@H]2OC(c3ccccc3)=N[C@@H]2C(=O)O)cc1OC. The lowest BCUT2D eigenvalue weighted by atomic mass is 10.0. The highest BCUT2D eigenvalue weighted by molar-refractivity contribution is 5.97. The number of carboxylic acids is 1. The Morgan fingerprint density at radius 2 is 1.79 bits per heavy atom. The van der Waals surface area contributed by atoms with Crippen LogP contribution >= 0.6 is 0 Å². The fourth-order valence-corrected chi connectivity index (χ4v) is 2.60. The summed E-state index contributed by atoms with van der Waals surface area (Å²) in [5.74, 6) is 0.356. The summed E-state index contributed by atoms with van der Waals surface area (Å²) in [7, 11) is 3.07. The molecular weight excluding hydrogens is 310 g/mol. The molecule has 0 fully saturated rings. The van der Waals surface area contributed by atoms with Gasteiger partial charge in [0.15, 0.2) is 23.6 Å². The van der Waals surface area contributed by atoms with Crippen molar-refractivity contribution in [2.24, 2.45) is 4.99 Å². The molecule has 124 valence electrons. The molecule has 0 bridgehead atoms. The molecule has 0 saturated carbocycles. The van der Waals surface area contributed by atoms with Gasteiger partial charge in [-0.15, -0.1) is 0 Å². The van der Waals surface area contributed by atoms with Gasteiger partial charge in [0.05, 0.1) is 14.2 Å². The third-order valence-corrected chi connectivity index (χ3v) is 3.79. The smallest absolute Gasteiger partial charge is 0.332 e. The van der Waals surface area contributed by atoms with E-state index in [0.29, 0.717) is 23.0 Å². The van der Waals surface area contributed by atoms with Gasteiger partial charge < -0.3 is 19.3 Å². The first kappa shape index (κ1) is 15.9. The Hall–Kier alpha value is -3.02. The number of hydrogen-bond acceptors (Lipinski definition) is 5. The van der Waals surface area contributed by atoms with E-state index in [4.69, 9.17) is 14.2 Å². The third kappa shape index (κ3) is 2.90. The minimum absolute atomic E-state index is 0.322. The summed E-state index contributed by atoms with van der Waals surface area (Å²) in [6.07, 6.45) is -0.725. The van der Waals surface area contributed by atoms with Crippen LogP contribution in [-0.2, 0) is 9.53 Å². The number of carbonyl (C=O) groups is 1. The van der Waals surface area contributed by atoms with Gasteiger partial charge in [0.1, 0.15) is 0 Å². The fourth-order valence-electron chi connectivity index (χ4n) is 2.60. The molecule has 6 nitrogen and oxygen atoms in total. The zero-order valence-electron chi connectivity index (χ0n) is 13.3. The minimum atomic E-state index is -1.04. The van der Waals surface area contributed by atoms with Gasteiger partial charge in [-0.25, -0.2) is 9.79 Å². The van der Waals surface area contributed by atoms with Crippen LogP contribution < -0.4 is 9.47 Å². The molecule has 0 amide bonds. The van der Waals surface area contributed by atoms with Crippen LogP contribution in [0.25, 0.3) is 0 Å². The average molecular weight is 327 g/mol. The lowest BCUT2D eigenvalue weighted by Crippen LogP contribution is -2.23. The molecule has 2 aromatic rings. The Morgan fingerprint density at radius 1 is 1.08 bits per heavy atom. The maximum absolute atomic E-state index is 11.6. The second-order valence-electron chi connectivity index (χ2n) is 5.24. The Bertz CT molecular complexity index is 772. The van der Waals surface area contributed by atoms with Gasteiger partial charge in [-0.2, -0.15) is 0 Å². The molecule has 6 heteroatoms. The summed E-state index contributed by atoms with van der Waals surface area (Å²) in [5, 5.41) is 9.49. The van der Waals surface area contributed by atoms with Crippen LogP contribution in [0.4, 0.5) is 0 Å². The van der Waals surface area contributed by atoms with Crippen molar-refractivity contribution < 1.29 is 24.1 Å². The lowest BCUT2D eigenvalue weighted by Gasteiger charge is -2.17. The number of methoxy groups -OCH3 is 2. The highest BCUT2D eigenvalue weighted by Crippen LogP contribution is 2.36. The van der Waals surface area contributed by atoms with E-state index in [1.54, 1.807) is 25.3 Å². The van der Waals surface area contributed by atoms with Crippen molar-refractivity contribution in [2.45, 2.75) is 12.1 Å². The maximum atomic E-state index is 11.6. The van der Waals surface area contributed by atoms with Gasteiger partial charge in [-0.1, -0.05) is 24.3 Å². The van der Waals surface area contributed by atoms with Crippen molar-refractivity contribution in [2.75, 3.05) is 14.2 Å². The van der Waals surface area contributed by atoms with Gasteiger partial charge >= 0.3 is 5.97 Å². The number of hydrogen-bond donors (Lipinski definition) is 1. The normalized spacial score (nSPS) is 19.3. The summed E-state index contributed by atoms with van der Waals surface area (Å²) in [6, 6.07) is 13.4. The summed E-state index contributed by atoms with van der Waals surface area (Å²) < 4.78 is 16.3. The van der Waals surface area contributed by atoms with E-state index in [2.05, 4.69) is 4.99 Å². The van der Waals surface area contributed by atoms with E-state index < -0.39 is 18.1 Å². The zero-order valence-corrected chi connectivity index (χ0v) is 13.3. The van der Waals surface area contributed by atoms with E-state index in [1.165, 1.54) is 7.11 Å². The minimum Gasteiger partial charge on any atom is -0.493 e. The van der Waals surface area contributed by atoms with Crippen LogP contribution in [0.15, 0.2) is 53.5 Å². The maximum Gasteiger partial charge on any atom is 0.332 e. The van der Waals surface area contributed by atoms with Crippen LogP contribution in [0.3, 0.4) is 0 Å². The van der Waals surface area contributed by atoms with E-state index >= 15 is 0 Å². The fraction of sp³-hybridized carbons (Fsp3) is 0.222. The second-order valence-corrected chi connectivity index (χ2v) is 5.24. The Kier molecular flexibility index (Phi) is 4.37. The van der Waals surface area contributed by atoms with Crippen molar-refractivity contribution in [3.05, 3.63) is 59.7 Å². The van der Waals surface area contributed by atoms with Gasteiger partial charge in [0, 0.05) is 5.56 Å². The number of carboxylic acid groups (broad SMARTS) is 1. The molecule has 0 aromatic heterocycles. The molecule has 0 spiro atoms. The summed E-state index contributed by atoms with van der Waals surface area (Å²) in [5.41, 5.74) is 1.40. The van der Waals surface area contributed by atoms with Crippen molar-refractivity contribution in [3.63, 3.8) is 0 Å². The first-order valence-corrected chi connectivity index (χ1v) is 7.38. The molecule has 0 radical (unpaired) electrons. The van der Waals surface area contributed by atoms with E-state index in [1.807, 2.05) is 30.3 Å². The number of benzene rings is 2. The topological polar surface area (TPSA) is 77.4 Å². The predicted molar refractivity (Wildman–Crippen MR) is 87.8 cm³/mol. The number of aliphatic imine (C=N–C) groups is 1. The number of aliphatic carboxylic acids is 1. The van der Waals surface area contributed by atoms with Crippen molar-refractivity contribution in [1.82, 2.24) is 0 Å². The molecule has 1 aliphatic rings. The number of rotatable bonds is 5. The average Bonchev–Trinajstić information content (AvgIpc) is 3.07. The molecule has 1 heterocycles. The van der Waals surface area contributed by atoms with E-state index in [9.17, 15) is 9.90 Å². The molecule has 2 aromatic carbocycles. The molecule has 0 unspecified atom stereocenters. The number of nitrogens with zero attached hydrogens (tertiary/aromatic N) is 1. The predicted octanol–water partition coefficient (Wildman–Crippen LogP) is 2.68. The van der Waals surface area contributed by atoms with Crippen LogP contribution in [-0.4, -0.2) is 37.2 Å². The Labute approximate surface area is 139 Å². The molecule has 0 aliphatic carbocycles. The summed E-state index contributed by atoms with van der Waals surface area (Å²) >= 11 is 0. The monoisotopic (exact) mass is 327 g/mol. The third-order valence-electron chi connectivity index (χ3n) is 3.79. The largest absolute Gasteiger partial charge is 0.493 e. The summed E-state index contributed by atoms with van der Waals surface area (Å²) in [4.78, 5) is 15.8. The van der Waals surface area contributed by atoms with Crippen molar-refractivity contribution >= 4 is 11.9 Å². The molecular formula is C18H17NO5. The molecule has 3 rings (SSSR count). The first-order valence-electron chi connectivity index (χ1n) is 7.38. The Balaban J connectivity index is 1.95. The highest BCUT2D eigenvalue weighted by atomic mass is 16.5. The van der Waals surface area contributed by atoms with Crippen LogP contribution in [0.1, 0.15) is 17.2 Å². The quantitative estimate of drug-likeness (QED) is 0.913. The first-order chi connectivity index (χ1) is 11.6. The zero-order chi connectivity index (χ0) is 17.1. The summed E-state index contributed by atoms with van der Waals surface area (Å²) in [6.45, 7) is 0. The van der Waals surface area contributed by atoms with E-state index in [0.717, 1.165) is 5.56 Å². The molecule has 1 aliphatic heterocycles. The van der Waals surface area contributed by atoms with Gasteiger partial charge in [0.25, 0.3) is 0 Å². The Morgan fingerprint density at radius 3 is 2.42 bits per heavy atom. The lowest BCUT2D eigenvalue weighted by molar-refractivity contribution is -0.140.